The number of hydrogen-bond acceptors (Lipinski definition) is 6. The van der Waals surface area contributed by atoms with E-state index in [4.69, 9.17) is 4.74 Å². The fourth-order valence-electron chi connectivity index (χ4n) is 2.13. The van der Waals surface area contributed by atoms with Crippen LogP contribution < -0.4 is 10.9 Å². The molecule has 0 saturated carbocycles. The molecule has 0 spiro atoms. The van der Waals surface area contributed by atoms with Gasteiger partial charge in [0.1, 0.15) is 17.8 Å². The summed E-state index contributed by atoms with van der Waals surface area (Å²) in [6.07, 6.45) is 3.03. The maximum absolute atomic E-state index is 14.0. The predicted octanol–water partition coefficient (Wildman–Crippen LogP) is 1.43. The molecule has 124 valence electrons. The molecule has 1 amide bonds. The van der Waals surface area contributed by atoms with Gasteiger partial charge in [-0.05, 0) is 12.1 Å². The summed E-state index contributed by atoms with van der Waals surface area (Å²) in [5, 5.41) is 4.71. The average Bonchev–Trinajstić information content (AvgIpc) is 3.03. The average molecular weight is 330 g/mol. The second-order valence-electron chi connectivity index (χ2n) is 4.88. The number of halogens is 1. The summed E-state index contributed by atoms with van der Waals surface area (Å²) in [5.41, 5.74) is 5.94. The molecule has 2 N–H and O–H groups in total. The summed E-state index contributed by atoms with van der Waals surface area (Å²) in [6.45, 7) is 0.317. The number of carbonyl (C=O) groups is 1. The first-order valence-corrected chi connectivity index (χ1v) is 7.18. The molecule has 1 aromatic carbocycles. The Morgan fingerprint density at radius 1 is 1.33 bits per heavy atom. The highest BCUT2D eigenvalue weighted by Gasteiger charge is 2.13. The zero-order valence-corrected chi connectivity index (χ0v) is 12.9. The highest BCUT2D eigenvalue weighted by atomic mass is 19.1. The van der Waals surface area contributed by atoms with Crippen LogP contribution in [0.1, 0.15) is 6.42 Å². The predicted molar refractivity (Wildman–Crippen MR) is 84.9 cm³/mol. The molecule has 0 radical (unpaired) electrons. The van der Waals surface area contributed by atoms with Crippen LogP contribution >= 0.6 is 0 Å². The maximum atomic E-state index is 14.0. The summed E-state index contributed by atoms with van der Waals surface area (Å²) in [7, 11) is 1.52. The number of nitrogens with one attached hydrogen (secondary N) is 2. The molecule has 2 heterocycles. The van der Waals surface area contributed by atoms with E-state index in [9.17, 15) is 9.18 Å². The van der Waals surface area contributed by atoms with Crippen LogP contribution in [0.2, 0.25) is 0 Å². The SMILES string of the molecule is COCCC(=O)NNc1ncnc2c1cnn2-c1ccccc1F. The number of nitrogens with zero attached hydrogens (tertiary/aromatic N) is 4. The first-order valence-electron chi connectivity index (χ1n) is 7.18. The first kappa shape index (κ1) is 15.8. The minimum absolute atomic E-state index is 0.214. The standard InChI is InChI=1S/C15H15FN6O2/c1-24-7-6-13(23)20-21-14-10-8-19-22(15(10)18-9-17-14)12-5-3-2-4-11(12)16/h2-5,8-9H,6-7H2,1H3,(H,20,23)(H,17,18,21). The molecule has 0 bridgehead atoms. The Morgan fingerprint density at radius 3 is 2.96 bits per heavy atom. The number of hydrazine groups is 1. The van der Waals surface area contributed by atoms with Gasteiger partial charge in [-0.3, -0.25) is 15.6 Å². The molecule has 0 fully saturated rings. The van der Waals surface area contributed by atoms with Gasteiger partial charge in [-0.1, -0.05) is 12.1 Å². The number of hydrogen-bond donors (Lipinski definition) is 2. The number of benzene rings is 1. The Labute approximate surface area is 136 Å². The lowest BCUT2D eigenvalue weighted by Gasteiger charge is -2.08. The van der Waals surface area contributed by atoms with Crippen LogP contribution in [0.5, 0.6) is 0 Å². The maximum Gasteiger partial charge on any atom is 0.240 e. The van der Waals surface area contributed by atoms with Crippen molar-refractivity contribution >= 4 is 22.8 Å². The van der Waals surface area contributed by atoms with Gasteiger partial charge < -0.3 is 4.74 Å². The van der Waals surface area contributed by atoms with Crippen LogP contribution in [0.25, 0.3) is 16.7 Å². The van der Waals surface area contributed by atoms with Crippen molar-refractivity contribution < 1.29 is 13.9 Å². The molecule has 0 aliphatic rings. The van der Waals surface area contributed by atoms with E-state index in [1.165, 1.54) is 30.4 Å². The van der Waals surface area contributed by atoms with Gasteiger partial charge in [0, 0.05) is 7.11 Å². The van der Waals surface area contributed by atoms with E-state index in [0.717, 1.165) is 0 Å². The highest BCUT2D eigenvalue weighted by molar-refractivity contribution is 5.88. The minimum atomic E-state index is -0.413. The molecular formula is C15H15FN6O2. The van der Waals surface area contributed by atoms with Gasteiger partial charge in [-0.25, -0.2) is 19.0 Å². The van der Waals surface area contributed by atoms with E-state index in [1.807, 2.05) is 0 Å². The summed E-state index contributed by atoms with van der Waals surface area (Å²) >= 11 is 0. The molecule has 3 rings (SSSR count). The molecule has 0 aliphatic carbocycles. The van der Waals surface area contributed by atoms with Crippen molar-refractivity contribution in [2.75, 3.05) is 19.1 Å². The Bertz CT molecular complexity index is 866. The number of aromatic nitrogens is 4. The van der Waals surface area contributed by atoms with Crippen molar-refractivity contribution in [2.45, 2.75) is 6.42 Å². The minimum Gasteiger partial charge on any atom is -0.384 e. The fraction of sp³-hybridized carbons (Fsp3) is 0.200. The quantitative estimate of drug-likeness (QED) is 0.664. The van der Waals surface area contributed by atoms with Crippen LogP contribution in [0.3, 0.4) is 0 Å². The van der Waals surface area contributed by atoms with Crippen molar-refractivity contribution in [3.63, 3.8) is 0 Å². The molecule has 0 aliphatic heterocycles. The van der Waals surface area contributed by atoms with Crippen LogP contribution in [0.15, 0.2) is 36.8 Å². The largest absolute Gasteiger partial charge is 0.384 e. The number of para-hydroxylation sites is 1. The topological polar surface area (TPSA) is 94.0 Å². The second-order valence-corrected chi connectivity index (χ2v) is 4.88. The summed E-state index contributed by atoms with van der Waals surface area (Å²) in [4.78, 5) is 19.8. The van der Waals surface area contributed by atoms with Crippen molar-refractivity contribution in [3.05, 3.63) is 42.6 Å². The number of anilines is 1. The zero-order chi connectivity index (χ0) is 16.9. The molecule has 9 heteroatoms. The highest BCUT2D eigenvalue weighted by Crippen LogP contribution is 2.22. The van der Waals surface area contributed by atoms with Crippen LogP contribution in [-0.4, -0.2) is 39.4 Å². The number of fused-ring (bicyclic) bond motifs is 1. The van der Waals surface area contributed by atoms with Gasteiger partial charge in [0.05, 0.1) is 24.6 Å². The Kier molecular flexibility index (Phi) is 4.62. The molecule has 24 heavy (non-hydrogen) atoms. The molecule has 0 saturated heterocycles. The molecule has 2 aromatic heterocycles. The lowest BCUT2D eigenvalue weighted by Crippen LogP contribution is -2.30. The van der Waals surface area contributed by atoms with Gasteiger partial charge in [0.2, 0.25) is 5.91 Å². The third-order valence-corrected chi connectivity index (χ3v) is 3.30. The molecule has 3 aromatic rings. The monoisotopic (exact) mass is 330 g/mol. The van der Waals surface area contributed by atoms with Gasteiger partial charge in [0.25, 0.3) is 0 Å². The molecular weight excluding hydrogens is 315 g/mol. The first-order chi connectivity index (χ1) is 11.7. The van der Waals surface area contributed by atoms with Crippen LogP contribution in [-0.2, 0) is 9.53 Å². The Hall–Kier alpha value is -3.07. The van der Waals surface area contributed by atoms with Crippen LogP contribution in [0, 0.1) is 5.82 Å². The number of methoxy groups -OCH3 is 1. The number of rotatable bonds is 6. The normalized spacial score (nSPS) is 10.8. The summed E-state index contributed by atoms with van der Waals surface area (Å²) < 4.78 is 20.2. The van der Waals surface area contributed by atoms with Gasteiger partial charge in [-0.2, -0.15) is 5.10 Å². The van der Waals surface area contributed by atoms with Crippen molar-refractivity contribution in [3.8, 4) is 5.69 Å². The van der Waals surface area contributed by atoms with Gasteiger partial charge in [-0.15, -0.1) is 0 Å². The van der Waals surface area contributed by atoms with E-state index < -0.39 is 5.82 Å². The van der Waals surface area contributed by atoms with E-state index >= 15 is 0 Å². The van der Waals surface area contributed by atoms with E-state index in [-0.39, 0.29) is 18.0 Å². The zero-order valence-electron chi connectivity index (χ0n) is 12.9. The number of ether oxygens (including phenoxy) is 1. The number of carbonyl (C=O) groups excluding carboxylic acids is 1. The van der Waals surface area contributed by atoms with Crippen molar-refractivity contribution in [1.82, 2.24) is 25.2 Å². The van der Waals surface area contributed by atoms with E-state index in [1.54, 1.807) is 18.2 Å². The number of amides is 1. The Balaban J connectivity index is 1.87. The summed E-state index contributed by atoms with van der Waals surface area (Å²) in [5.74, 6) is -0.290. The van der Waals surface area contributed by atoms with Crippen molar-refractivity contribution in [2.24, 2.45) is 0 Å². The van der Waals surface area contributed by atoms with Crippen molar-refractivity contribution in [1.29, 1.82) is 0 Å². The smallest absolute Gasteiger partial charge is 0.240 e. The molecule has 0 unspecified atom stereocenters. The Morgan fingerprint density at radius 2 is 2.17 bits per heavy atom. The molecule has 0 atom stereocenters. The second kappa shape index (κ2) is 7.01. The van der Waals surface area contributed by atoms with E-state index in [0.29, 0.717) is 23.5 Å². The van der Waals surface area contributed by atoms with Crippen LogP contribution in [0.4, 0.5) is 10.2 Å². The van der Waals surface area contributed by atoms with E-state index in [2.05, 4.69) is 25.9 Å². The molecule has 8 nitrogen and oxygen atoms in total. The lowest BCUT2D eigenvalue weighted by molar-refractivity contribution is -0.121. The van der Waals surface area contributed by atoms with Gasteiger partial charge in [0.15, 0.2) is 11.5 Å². The lowest BCUT2D eigenvalue weighted by atomic mass is 10.3. The third kappa shape index (κ3) is 3.15. The third-order valence-electron chi connectivity index (χ3n) is 3.30. The fourth-order valence-corrected chi connectivity index (χ4v) is 2.13. The van der Waals surface area contributed by atoms with Gasteiger partial charge >= 0.3 is 0 Å². The summed E-state index contributed by atoms with van der Waals surface area (Å²) in [6, 6.07) is 6.26.